The summed E-state index contributed by atoms with van der Waals surface area (Å²) in [4.78, 5) is 2.50. The molecule has 0 bridgehead atoms. The van der Waals surface area contributed by atoms with Crippen molar-refractivity contribution in [2.45, 2.75) is 88.4 Å². The monoisotopic (exact) mass is 525 g/mol. The van der Waals surface area contributed by atoms with Crippen LogP contribution in [-0.4, -0.2) is 42.1 Å². The molecule has 2 aliphatic heterocycles. The minimum Gasteiger partial charge on any atom is -0.488 e. The van der Waals surface area contributed by atoms with Crippen LogP contribution >= 0.6 is 0 Å². The van der Waals surface area contributed by atoms with Gasteiger partial charge in [-0.05, 0) is 112 Å². The zero-order chi connectivity index (χ0) is 27.0. The number of anilines is 1. The van der Waals surface area contributed by atoms with Crippen molar-refractivity contribution in [1.82, 2.24) is 0 Å². The van der Waals surface area contributed by atoms with Crippen LogP contribution in [-0.2, 0) is 11.2 Å². The van der Waals surface area contributed by atoms with E-state index < -0.39 is 0 Å². The van der Waals surface area contributed by atoms with Gasteiger partial charge in [-0.25, -0.2) is 0 Å². The Morgan fingerprint density at radius 2 is 1.64 bits per heavy atom. The van der Waals surface area contributed by atoms with E-state index in [0.29, 0.717) is 11.8 Å². The SMILES string of the molecule is CC(C)(C)Oc1ccc2c(c1)CC[C@H](c1ccccc1)[C@@H]2c1ccc(N2CCC3(CCC(CO)O3)CC2)cc1. The largest absolute Gasteiger partial charge is 0.488 e. The number of aliphatic hydroxyl groups excluding tert-OH is 1. The summed E-state index contributed by atoms with van der Waals surface area (Å²) in [7, 11) is 0. The summed E-state index contributed by atoms with van der Waals surface area (Å²) < 4.78 is 12.5. The predicted molar refractivity (Wildman–Crippen MR) is 158 cm³/mol. The van der Waals surface area contributed by atoms with Crippen LogP contribution in [0.5, 0.6) is 5.75 Å². The number of aliphatic hydroxyl groups is 1. The summed E-state index contributed by atoms with van der Waals surface area (Å²) in [5.74, 6) is 1.74. The topological polar surface area (TPSA) is 41.9 Å². The molecule has 1 spiro atoms. The molecule has 0 saturated carbocycles. The van der Waals surface area contributed by atoms with Gasteiger partial charge in [0.2, 0.25) is 0 Å². The lowest BCUT2D eigenvalue weighted by Gasteiger charge is -2.40. The summed E-state index contributed by atoms with van der Waals surface area (Å²) in [5, 5.41) is 9.51. The van der Waals surface area contributed by atoms with Gasteiger partial charge in [0.05, 0.1) is 18.3 Å². The summed E-state index contributed by atoms with van der Waals surface area (Å²) >= 11 is 0. The van der Waals surface area contributed by atoms with Gasteiger partial charge in [-0.3, -0.25) is 0 Å². The number of hydrogen-bond acceptors (Lipinski definition) is 4. The van der Waals surface area contributed by atoms with Crippen LogP contribution in [0.2, 0.25) is 0 Å². The van der Waals surface area contributed by atoms with E-state index in [1.54, 1.807) is 0 Å². The van der Waals surface area contributed by atoms with Crippen LogP contribution in [0, 0.1) is 0 Å². The van der Waals surface area contributed by atoms with Gasteiger partial charge in [0.1, 0.15) is 11.4 Å². The van der Waals surface area contributed by atoms with Gasteiger partial charge in [-0.15, -0.1) is 0 Å². The Labute approximate surface area is 234 Å². The van der Waals surface area contributed by atoms with Crippen molar-refractivity contribution in [2.75, 3.05) is 24.6 Å². The van der Waals surface area contributed by atoms with E-state index in [9.17, 15) is 5.11 Å². The highest BCUT2D eigenvalue weighted by Gasteiger charge is 2.42. The third-order valence-corrected chi connectivity index (χ3v) is 9.06. The molecule has 3 aromatic rings. The van der Waals surface area contributed by atoms with Crippen molar-refractivity contribution in [1.29, 1.82) is 0 Å². The van der Waals surface area contributed by atoms with Gasteiger partial charge in [-0.2, -0.15) is 0 Å². The highest BCUT2D eigenvalue weighted by molar-refractivity contribution is 5.53. The van der Waals surface area contributed by atoms with Crippen LogP contribution in [0.25, 0.3) is 0 Å². The number of ether oxygens (including phenoxy) is 2. The second-order valence-electron chi connectivity index (χ2n) is 12.8. The molecule has 2 heterocycles. The highest BCUT2D eigenvalue weighted by Crippen LogP contribution is 2.47. The Bertz CT molecular complexity index is 1260. The van der Waals surface area contributed by atoms with Crippen LogP contribution in [0.4, 0.5) is 5.69 Å². The maximum absolute atomic E-state index is 9.51. The van der Waals surface area contributed by atoms with Crippen LogP contribution in [0.1, 0.15) is 87.0 Å². The molecule has 39 heavy (non-hydrogen) atoms. The van der Waals surface area contributed by atoms with Crippen molar-refractivity contribution >= 4 is 5.69 Å². The first-order valence-corrected chi connectivity index (χ1v) is 14.8. The van der Waals surface area contributed by atoms with Gasteiger partial charge in [0.15, 0.2) is 0 Å². The molecule has 3 atom stereocenters. The van der Waals surface area contributed by atoms with Crippen molar-refractivity contribution in [3.63, 3.8) is 0 Å². The first kappa shape index (κ1) is 26.4. The first-order chi connectivity index (χ1) is 18.8. The van der Waals surface area contributed by atoms with E-state index in [1.165, 1.54) is 27.9 Å². The molecule has 1 unspecified atom stereocenters. The van der Waals surface area contributed by atoms with Crippen molar-refractivity contribution in [3.8, 4) is 5.75 Å². The molecule has 0 radical (unpaired) electrons. The quantitative estimate of drug-likeness (QED) is 0.381. The number of nitrogens with zero attached hydrogens (tertiary/aromatic N) is 1. The van der Waals surface area contributed by atoms with E-state index in [0.717, 1.165) is 57.4 Å². The second-order valence-corrected chi connectivity index (χ2v) is 12.8. The van der Waals surface area contributed by atoms with E-state index >= 15 is 0 Å². The Morgan fingerprint density at radius 3 is 2.31 bits per heavy atom. The van der Waals surface area contributed by atoms with Crippen molar-refractivity contribution in [3.05, 3.63) is 95.1 Å². The number of aryl methyl sites for hydroxylation is 1. The maximum Gasteiger partial charge on any atom is 0.120 e. The summed E-state index contributed by atoms with van der Waals surface area (Å²) in [6.07, 6.45) is 6.37. The van der Waals surface area contributed by atoms with Crippen molar-refractivity contribution in [2.24, 2.45) is 0 Å². The minimum atomic E-state index is -0.205. The third-order valence-electron chi connectivity index (χ3n) is 9.06. The fourth-order valence-corrected chi connectivity index (χ4v) is 7.14. The van der Waals surface area contributed by atoms with Crippen LogP contribution in [0.3, 0.4) is 0 Å². The lowest BCUT2D eigenvalue weighted by Crippen LogP contribution is -2.44. The molecule has 4 heteroatoms. The molecule has 1 N–H and O–H groups in total. The average molecular weight is 526 g/mol. The fourth-order valence-electron chi connectivity index (χ4n) is 7.14. The lowest BCUT2D eigenvalue weighted by molar-refractivity contribution is -0.0713. The predicted octanol–water partition coefficient (Wildman–Crippen LogP) is 7.24. The zero-order valence-electron chi connectivity index (χ0n) is 23.7. The molecule has 3 aromatic carbocycles. The normalized spacial score (nSPS) is 24.5. The molecule has 0 aromatic heterocycles. The number of piperidine rings is 1. The Kier molecular flexibility index (Phi) is 7.20. The van der Waals surface area contributed by atoms with Gasteiger partial charge in [-0.1, -0.05) is 48.5 Å². The maximum atomic E-state index is 9.51. The molecule has 2 saturated heterocycles. The molecule has 0 amide bonds. The van der Waals surface area contributed by atoms with E-state index in [4.69, 9.17) is 9.47 Å². The van der Waals surface area contributed by atoms with Gasteiger partial charge < -0.3 is 19.5 Å². The average Bonchev–Trinajstić information content (AvgIpc) is 3.35. The Morgan fingerprint density at radius 1 is 0.897 bits per heavy atom. The molecule has 6 rings (SSSR count). The van der Waals surface area contributed by atoms with Gasteiger partial charge in [0, 0.05) is 24.7 Å². The van der Waals surface area contributed by atoms with Crippen LogP contribution < -0.4 is 9.64 Å². The number of rotatable bonds is 5. The number of fused-ring (bicyclic) bond motifs is 1. The smallest absolute Gasteiger partial charge is 0.120 e. The Hall–Kier alpha value is -2.82. The van der Waals surface area contributed by atoms with E-state index in [1.807, 2.05) is 0 Å². The number of benzene rings is 3. The molecule has 3 aliphatic rings. The summed E-state index contributed by atoms with van der Waals surface area (Å²) in [6.45, 7) is 8.48. The fraction of sp³-hybridized carbons (Fsp3) is 0.486. The Balaban J connectivity index is 1.25. The lowest BCUT2D eigenvalue weighted by atomic mass is 9.69. The standard InChI is InChI=1S/C35H43NO3/c1-34(2,3)38-29-14-16-32-27(23-29)11-15-31(25-7-5-4-6-8-25)33(32)26-9-12-28(13-10-26)36-21-19-35(20-22-36)18-17-30(24-37)39-35/h4-10,12-14,16,23,30-31,33,37H,11,15,17-22,24H2,1-3H3/t30?,31-,33+/m1/s1. The van der Waals surface area contributed by atoms with Crippen molar-refractivity contribution < 1.29 is 14.6 Å². The van der Waals surface area contributed by atoms with E-state index in [-0.39, 0.29) is 23.9 Å². The second kappa shape index (κ2) is 10.6. The molecular formula is C35H43NO3. The zero-order valence-corrected chi connectivity index (χ0v) is 23.7. The third kappa shape index (κ3) is 5.60. The summed E-state index contributed by atoms with van der Waals surface area (Å²) in [6, 6.07) is 27.2. The molecule has 206 valence electrons. The molecule has 2 fully saturated rings. The molecule has 4 nitrogen and oxygen atoms in total. The highest BCUT2D eigenvalue weighted by atomic mass is 16.5. The minimum absolute atomic E-state index is 0.0197. The summed E-state index contributed by atoms with van der Waals surface area (Å²) in [5.41, 5.74) is 6.73. The van der Waals surface area contributed by atoms with Gasteiger partial charge in [0.25, 0.3) is 0 Å². The first-order valence-electron chi connectivity index (χ1n) is 14.8. The van der Waals surface area contributed by atoms with E-state index in [2.05, 4.69) is 98.5 Å². The van der Waals surface area contributed by atoms with Gasteiger partial charge >= 0.3 is 0 Å². The number of hydrogen-bond donors (Lipinski definition) is 1. The molecule has 1 aliphatic carbocycles. The van der Waals surface area contributed by atoms with Crippen LogP contribution in [0.15, 0.2) is 72.8 Å². The molecular weight excluding hydrogens is 482 g/mol.